The Labute approximate surface area is 206 Å². The van der Waals surface area contributed by atoms with E-state index in [0.29, 0.717) is 29.4 Å². The first-order valence-corrected chi connectivity index (χ1v) is 11.3. The maximum absolute atomic E-state index is 13.2. The maximum atomic E-state index is 13.2. The Kier molecular flexibility index (Phi) is 6.08. The van der Waals surface area contributed by atoms with Crippen molar-refractivity contribution in [3.05, 3.63) is 101 Å². The minimum Gasteiger partial charge on any atom is -0.492 e. The largest absolute Gasteiger partial charge is 0.492 e. The van der Waals surface area contributed by atoms with Crippen molar-refractivity contribution >= 4 is 52.1 Å². The van der Waals surface area contributed by atoms with E-state index in [1.54, 1.807) is 24.3 Å². The van der Waals surface area contributed by atoms with Crippen LogP contribution in [-0.2, 0) is 16.1 Å². The van der Waals surface area contributed by atoms with Gasteiger partial charge in [-0.3, -0.25) is 14.9 Å². The van der Waals surface area contributed by atoms with Gasteiger partial charge in [0.25, 0.3) is 11.8 Å². The predicted octanol–water partition coefficient (Wildman–Crippen LogP) is 5.04. The molecule has 5 rings (SSSR count). The zero-order valence-corrected chi connectivity index (χ0v) is 19.2. The van der Waals surface area contributed by atoms with Gasteiger partial charge in [-0.05, 0) is 48.5 Å². The third-order valence-corrected chi connectivity index (χ3v) is 5.90. The standard InChI is InChI=1S/C27H20ClN3O4/c28-19-10-12-20(13-11-19)31-26(33)23(25(32)29-27(31)34)16-18-17-30(24-9-5-4-8-22(18)24)14-15-35-21-6-2-1-3-7-21/h1-13,16-17H,14-15H2,(H,29,32,34). The van der Waals surface area contributed by atoms with Gasteiger partial charge in [0, 0.05) is 27.7 Å². The van der Waals surface area contributed by atoms with E-state index in [2.05, 4.69) is 5.32 Å². The molecule has 4 amide bonds. The molecule has 8 heteroatoms. The topological polar surface area (TPSA) is 80.6 Å². The number of carbonyl (C=O) groups is 3. The Hall–Kier alpha value is -4.36. The molecule has 174 valence electrons. The fourth-order valence-electron chi connectivity index (χ4n) is 3.99. The smallest absolute Gasteiger partial charge is 0.335 e. The second kappa shape index (κ2) is 9.48. The molecule has 0 spiro atoms. The minimum absolute atomic E-state index is 0.136. The maximum Gasteiger partial charge on any atom is 0.335 e. The fourth-order valence-corrected chi connectivity index (χ4v) is 4.12. The summed E-state index contributed by atoms with van der Waals surface area (Å²) in [6, 6.07) is 22.7. The number of hydrogen-bond donors (Lipinski definition) is 1. The van der Waals surface area contributed by atoms with Gasteiger partial charge >= 0.3 is 6.03 Å². The van der Waals surface area contributed by atoms with Crippen LogP contribution in [0.1, 0.15) is 5.56 Å². The van der Waals surface area contributed by atoms with Gasteiger partial charge in [-0.1, -0.05) is 48.0 Å². The van der Waals surface area contributed by atoms with E-state index in [-0.39, 0.29) is 5.57 Å². The van der Waals surface area contributed by atoms with Gasteiger partial charge in [0.2, 0.25) is 0 Å². The highest BCUT2D eigenvalue weighted by Crippen LogP contribution is 2.27. The van der Waals surface area contributed by atoms with Crippen LogP contribution in [-0.4, -0.2) is 29.0 Å². The minimum atomic E-state index is -0.806. The lowest BCUT2D eigenvalue weighted by Gasteiger charge is -2.26. The quantitative estimate of drug-likeness (QED) is 0.306. The number of amides is 4. The number of barbiturate groups is 1. The van der Waals surface area contributed by atoms with Crippen LogP contribution in [0, 0.1) is 0 Å². The number of ether oxygens (including phenoxy) is 1. The lowest BCUT2D eigenvalue weighted by molar-refractivity contribution is -0.122. The van der Waals surface area contributed by atoms with Crippen LogP contribution in [0.15, 0.2) is 90.6 Å². The SMILES string of the molecule is O=C1NC(=O)N(c2ccc(Cl)cc2)C(=O)C1=Cc1cn(CCOc2ccccc2)c2ccccc12. The number of imide groups is 2. The second-order valence-corrected chi connectivity index (χ2v) is 8.33. The van der Waals surface area contributed by atoms with Crippen LogP contribution in [0.25, 0.3) is 17.0 Å². The summed E-state index contributed by atoms with van der Waals surface area (Å²) in [5.74, 6) is -0.664. The number of nitrogens with one attached hydrogen (secondary N) is 1. The summed E-state index contributed by atoms with van der Waals surface area (Å²) in [5, 5.41) is 3.59. The first kappa shape index (κ1) is 22.4. The third-order valence-electron chi connectivity index (χ3n) is 5.65. The number of para-hydroxylation sites is 2. The number of carbonyl (C=O) groups excluding carboxylic acids is 3. The van der Waals surface area contributed by atoms with Gasteiger partial charge in [0.05, 0.1) is 12.2 Å². The van der Waals surface area contributed by atoms with Gasteiger partial charge in [-0.25, -0.2) is 9.69 Å². The Morgan fingerprint density at radius 2 is 1.60 bits per heavy atom. The number of hydrogen-bond acceptors (Lipinski definition) is 4. The molecule has 0 bridgehead atoms. The number of fused-ring (bicyclic) bond motifs is 1. The van der Waals surface area contributed by atoms with Crippen molar-refractivity contribution in [1.29, 1.82) is 0 Å². The first-order chi connectivity index (χ1) is 17.0. The molecule has 1 fully saturated rings. The van der Waals surface area contributed by atoms with Crippen molar-refractivity contribution in [2.24, 2.45) is 0 Å². The Balaban J connectivity index is 1.46. The van der Waals surface area contributed by atoms with Crippen LogP contribution in [0.3, 0.4) is 0 Å². The van der Waals surface area contributed by atoms with Crippen LogP contribution < -0.4 is 15.0 Å². The van der Waals surface area contributed by atoms with Crippen molar-refractivity contribution in [3.63, 3.8) is 0 Å². The summed E-state index contributed by atoms with van der Waals surface area (Å²) in [7, 11) is 0. The van der Waals surface area contributed by atoms with Crippen LogP contribution in [0.2, 0.25) is 5.02 Å². The van der Waals surface area contributed by atoms with Gasteiger partial charge in [-0.15, -0.1) is 0 Å². The predicted molar refractivity (Wildman–Crippen MR) is 134 cm³/mol. The summed E-state index contributed by atoms with van der Waals surface area (Å²) in [4.78, 5) is 39.2. The highest BCUT2D eigenvalue weighted by molar-refractivity contribution is 6.39. The van der Waals surface area contributed by atoms with Crippen molar-refractivity contribution in [2.75, 3.05) is 11.5 Å². The molecule has 1 saturated heterocycles. The summed E-state index contributed by atoms with van der Waals surface area (Å²) in [6.45, 7) is 1.01. The molecule has 1 aliphatic heterocycles. The van der Waals surface area contributed by atoms with E-state index < -0.39 is 17.8 Å². The normalized spacial score (nSPS) is 15.1. The van der Waals surface area contributed by atoms with Crippen molar-refractivity contribution < 1.29 is 19.1 Å². The Morgan fingerprint density at radius 1 is 0.886 bits per heavy atom. The molecule has 0 atom stereocenters. The fraction of sp³-hybridized carbons (Fsp3) is 0.0741. The zero-order valence-electron chi connectivity index (χ0n) is 18.5. The molecular weight excluding hydrogens is 466 g/mol. The average Bonchev–Trinajstić information content (AvgIpc) is 3.21. The van der Waals surface area contributed by atoms with Crippen molar-refractivity contribution in [3.8, 4) is 5.75 Å². The molecular formula is C27H20ClN3O4. The number of halogens is 1. The molecule has 1 aromatic heterocycles. The molecule has 0 radical (unpaired) electrons. The number of benzene rings is 3. The molecule has 1 aliphatic rings. The second-order valence-electron chi connectivity index (χ2n) is 7.89. The van der Waals surface area contributed by atoms with Crippen molar-refractivity contribution in [2.45, 2.75) is 6.54 Å². The van der Waals surface area contributed by atoms with E-state index in [9.17, 15) is 14.4 Å². The molecule has 4 aromatic rings. The monoisotopic (exact) mass is 485 g/mol. The number of rotatable bonds is 6. The lowest BCUT2D eigenvalue weighted by Crippen LogP contribution is -2.54. The van der Waals surface area contributed by atoms with Gasteiger partial charge in [-0.2, -0.15) is 0 Å². The van der Waals surface area contributed by atoms with Crippen LogP contribution in [0.4, 0.5) is 10.5 Å². The molecule has 0 aliphatic carbocycles. The van der Waals surface area contributed by atoms with Gasteiger partial charge < -0.3 is 9.30 Å². The summed E-state index contributed by atoms with van der Waals surface area (Å²) in [6.07, 6.45) is 3.39. The van der Waals surface area contributed by atoms with E-state index in [4.69, 9.17) is 16.3 Å². The highest BCUT2D eigenvalue weighted by atomic mass is 35.5. The molecule has 1 N–H and O–H groups in total. The molecule has 7 nitrogen and oxygen atoms in total. The van der Waals surface area contributed by atoms with Gasteiger partial charge in [0.15, 0.2) is 0 Å². The van der Waals surface area contributed by atoms with E-state index in [1.807, 2.05) is 65.4 Å². The molecule has 2 heterocycles. The van der Waals surface area contributed by atoms with Gasteiger partial charge in [0.1, 0.15) is 17.9 Å². The van der Waals surface area contributed by atoms with E-state index >= 15 is 0 Å². The Bertz CT molecular complexity index is 1460. The molecule has 35 heavy (non-hydrogen) atoms. The number of anilines is 1. The number of aromatic nitrogens is 1. The molecule has 0 unspecified atom stereocenters. The number of urea groups is 1. The highest BCUT2D eigenvalue weighted by Gasteiger charge is 2.37. The van der Waals surface area contributed by atoms with Crippen LogP contribution >= 0.6 is 11.6 Å². The Morgan fingerprint density at radius 3 is 2.37 bits per heavy atom. The van der Waals surface area contributed by atoms with E-state index in [1.165, 1.54) is 6.08 Å². The molecule has 3 aromatic carbocycles. The van der Waals surface area contributed by atoms with Crippen molar-refractivity contribution in [1.82, 2.24) is 9.88 Å². The summed E-state index contributed by atoms with van der Waals surface area (Å²) >= 11 is 5.93. The zero-order chi connectivity index (χ0) is 24.4. The molecule has 0 saturated carbocycles. The number of nitrogens with zero attached hydrogens (tertiary/aromatic N) is 2. The summed E-state index contributed by atoms with van der Waals surface area (Å²) in [5.41, 5.74) is 1.80. The van der Waals surface area contributed by atoms with E-state index in [0.717, 1.165) is 21.6 Å². The summed E-state index contributed by atoms with van der Waals surface area (Å²) < 4.78 is 7.84. The van der Waals surface area contributed by atoms with Crippen LogP contribution in [0.5, 0.6) is 5.75 Å². The first-order valence-electron chi connectivity index (χ1n) is 10.9. The third kappa shape index (κ3) is 4.54. The average molecular weight is 486 g/mol. The lowest BCUT2D eigenvalue weighted by atomic mass is 10.1.